The Kier molecular flexibility index (Phi) is 4.93. The van der Waals surface area contributed by atoms with E-state index in [1.807, 2.05) is 4.57 Å². The van der Waals surface area contributed by atoms with E-state index in [2.05, 4.69) is 4.98 Å². The number of aromatic carboxylic acids is 1. The van der Waals surface area contributed by atoms with Gasteiger partial charge in [0.15, 0.2) is 0 Å². The Morgan fingerprint density at radius 2 is 2.09 bits per heavy atom. The van der Waals surface area contributed by atoms with Crippen LogP contribution in [-0.2, 0) is 18.0 Å². The van der Waals surface area contributed by atoms with Gasteiger partial charge in [-0.1, -0.05) is 6.07 Å². The van der Waals surface area contributed by atoms with E-state index < -0.39 is 24.4 Å². The van der Waals surface area contributed by atoms with Crippen molar-refractivity contribution < 1.29 is 23.4 Å². The van der Waals surface area contributed by atoms with Crippen molar-refractivity contribution in [1.82, 2.24) is 9.55 Å². The van der Waals surface area contributed by atoms with Gasteiger partial charge >= 0.3 is 5.97 Å². The number of hydrogen-bond donors (Lipinski definition) is 1. The first-order valence-corrected chi connectivity index (χ1v) is 10.4. The first-order chi connectivity index (χ1) is 15.3. The number of nitrogens with zero attached hydrogens (tertiary/aromatic N) is 3. The molecule has 7 nitrogen and oxygen atoms in total. The molecule has 0 amide bonds. The van der Waals surface area contributed by atoms with Crippen molar-refractivity contribution in [2.24, 2.45) is 0 Å². The molecule has 1 N–H and O–H groups in total. The van der Waals surface area contributed by atoms with Crippen molar-refractivity contribution in [3.8, 4) is 11.1 Å². The number of halogens is 2. The lowest BCUT2D eigenvalue weighted by Gasteiger charge is -2.20. The average molecular weight is 441 g/mol. The Morgan fingerprint density at radius 3 is 2.78 bits per heavy atom. The third-order valence-corrected chi connectivity index (χ3v) is 6.04. The Labute approximate surface area is 181 Å². The molecule has 2 aliphatic rings. The van der Waals surface area contributed by atoms with Gasteiger partial charge < -0.3 is 19.3 Å². The van der Waals surface area contributed by atoms with Crippen LogP contribution in [-0.4, -0.2) is 40.6 Å². The van der Waals surface area contributed by atoms with Gasteiger partial charge in [0.1, 0.15) is 11.4 Å². The first kappa shape index (κ1) is 20.6. The van der Waals surface area contributed by atoms with Crippen molar-refractivity contribution in [3.05, 3.63) is 57.5 Å². The summed E-state index contributed by atoms with van der Waals surface area (Å²) in [5, 5.41) is 9.84. The van der Waals surface area contributed by atoms with Crippen molar-refractivity contribution in [3.63, 3.8) is 0 Å². The highest BCUT2D eigenvalue weighted by molar-refractivity contribution is 5.96. The number of fused-ring (bicyclic) bond motifs is 5. The summed E-state index contributed by atoms with van der Waals surface area (Å²) in [6, 6.07) is 5.35. The van der Waals surface area contributed by atoms with Crippen molar-refractivity contribution in [2.75, 3.05) is 18.5 Å². The highest BCUT2D eigenvalue weighted by Gasteiger charge is 2.29. The van der Waals surface area contributed by atoms with Gasteiger partial charge in [0.2, 0.25) is 5.43 Å². The highest BCUT2D eigenvalue weighted by Crippen LogP contribution is 2.41. The molecule has 0 radical (unpaired) electrons. The molecule has 166 valence electrons. The van der Waals surface area contributed by atoms with Gasteiger partial charge in [-0.15, -0.1) is 0 Å². The van der Waals surface area contributed by atoms with Crippen LogP contribution in [0.3, 0.4) is 0 Å². The van der Waals surface area contributed by atoms with Crippen LogP contribution in [0.2, 0.25) is 0 Å². The zero-order chi connectivity index (χ0) is 22.6. The van der Waals surface area contributed by atoms with Crippen LogP contribution < -0.4 is 10.3 Å². The predicted octanol–water partition coefficient (Wildman–Crippen LogP) is 3.83. The fourth-order valence-electron chi connectivity index (χ4n) is 4.33. The molecule has 0 bridgehead atoms. The molecule has 3 aromatic rings. The molecule has 1 aliphatic heterocycles. The number of hydrogen-bond acceptors (Lipinski definition) is 5. The van der Waals surface area contributed by atoms with Crippen LogP contribution in [0.5, 0.6) is 0 Å². The largest absolute Gasteiger partial charge is 0.477 e. The maximum absolute atomic E-state index is 12.9. The van der Waals surface area contributed by atoms with E-state index in [-0.39, 0.29) is 24.8 Å². The monoisotopic (exact) mass is 441 g/mol. The Morgan fingerprint density at radius 1 is 1.31 bits per heavy atom. The van der Waals surface area contributed by atoms with E-state index in [1.54, 1.807) is 31.4 Å². The molecule has 0 spiro atoms. The standard InChI is InChI=1S/C23H21F2N3O4/c1-27(9-19(24)25)20-6-12-10-32-11-18-14(16(12)7-26-20)4-5-15-21(18)28(13-2-3-13)8-17(22(15)29)23(30)31/h4-8,13,19H,2-3,9-11H2,1H3,(H,30,31). The number of benzene rings is 1. The van der Waals surface area contributed by atoms with E-state index in [4.69, 9.17) is 4.74 Å². The van der Waals surface area contributed by atoms with Gasteiger partial charge in [-0.25, -0.2) is 18.6 Å². The molecular formula is C23H21F2N3O4. The topological polar surface area (TPSA) is 84.7 Å². The number of carboxylic acids is 1. The highest BCUT2D eigenvalue weighted by atomic mass is 19.3. The number of carboxylic acid groups (broad SMARTS) is 1. The maximum atomic E-state index is 12.9. The molecule has 1 aromatic carbocycles. The van der Waals surface area contributed by atoms with Gasteiger partial charge in [0.05, 0.1) is 25.3 Å². The van der Waals surface area contributed by atoms with Crippen molar-refractivity contribution >= 4 is 22.7 Å². The summed E-state index contributed by atoms with van der Waals surface area (Å²) < 4.78 is 33.4. The molecule has 1 fully saturated rings. The van der Waals surface area contributed by atoms with Crippen LogP contribution in [0.15, 0.2) is 35.4 Å². The number of rotatable bonds is 5. The van der Waals surface area contributed by atoms with E-state index in [1.165, 1.54) is 11.1 Å². The van der Waals surface area contributed by atoms with Crippen LogP contribution in [0.25, 0.3) is 22.0 Å². The van der Waals surface area contributed by atoms with E-state index in [0.29, 0.717) is 16.7 Å². The number of carbonyl (C=O) groups is 1. The quantitative estimate of drug-likeness (QED) is 0.648. The second-order valence-corrected chi connectivity index (χ2v) is 8.27. The Hall–Kier alpha value is -3.33. The molecule has 1 saturated carbocycles. The number of alkyl halides is 2. The molecule has 32 heavy (non-hydrogen) atoms. The second kappa shape index (κ2) is 7.67. The average Bonchev–Trinajstić information content (AvgIpc) is 3.59. The van der Waals surface area contributed by atoms with Crippen LogP contribution in [0.4, 0.5) is 14.6 Å². The van der Waals surface area contributed by atoms with Gasteiger partial charge in [-0.3, -0.25) is 4.79 Å². The number of pyridine rings is 2. The number of ether oxygens (including phenoxy) is 1. The van der Waals surface area contributed by atoms with Crippen LogP contribution in [0.1, 0.15) is 40.4 Å². The smallest absolute Gasteiger partial charge is 0.341 e. The number of anilines is 1. The van der Waals surface area contributed by atoms with E-state index >= 15 is 0 Å². The lowest BCUT2D eigenvalue weighted by atomic mass is 9.95. The fraction of sp³-hybridized carbons (Fsp3) is 0.348. The Balaban J connectivity index is 1.70. The molecule has 0 saturated heterocycles. The predicted molar refractivity (Wildman–Crippen MR) is 114 cm³/mol. The minimum absolute atomic E-state index is 0.147. The van der Waals surface area contributed by atoms with E-state index in [9.17, 15) is 23.5 Å². The lowest BCUT2D eigenvalue weighted by Crippen LogP contribution is -2.25. The molecular weight excluding hydrogens is 420 g/mol. The summed E-state index contributed by atoms with van der Waals surface area (Å²) >= 11 is 0. The molecule has 5 rings (SSSR count). The number of aromatic nitrogens is 2. The van der Waals surface area contributed by atoms with Gasteiger partial charge in [-0.2, -0.15) is 0 Å². The zero-order valence-corrected chi connectivity index (χ0v) is 17.3. The molecule has 2 aromatic heterocycles. The van der Waals surface area contributed by atoms with Gasteiger partial charge in [-0.05, 0) is 36.1 Å². The third-order valence-electron chi connectivity index (χ3n) is 6.04. The van der Waals surface area contributed by atoms with Crippen molar-refractivity contribution in [1.29, 1.82) is 0 Å². The molecule has 0 atom stereocenters. The lowest BCUT2D eigenvalue weighted by molar-refractivity contribution is 0.0694. The zero-order valence-electron chi connectivity index (χ0n) is 17.3. The minimum Gasteiger partial charge on any atom is -0.477 e. The first-order valence-electron chi connectivity index (χ1n) is 10.4. The Bertz CT molecular complexity index is 1300. The summed E-state index contributed by atoms with van der Waals surface area (Å²) in [7, 11) is 1.56. The summed E-state index contributed by atoms with van der Waals surface area (Å²) in [6.45, 7) is 0.0833. The van der Waals surface area contributed by atoms with E-state index in [0.717, 1.165) is 35.1 Å². The molecule has 1 aliphatic carbocycles. The van der Waals surface area contributed by atoms with Crippen molar-refractivity contribution in [2.45, 2.75) is 38.5 Å². The fourth-order valence-corrected chi connectivity index (χ4v) is 4.33. The second-order valence-electron chi connectivity index (χ2n) is 8.27. The summed E-state index contributed by atoms with van der Waals surface area (Å²) in [4.78, 5) is 30.3. The maximum Gasteiger partial charge on any atom is 0.341 e. The summed E-state index contributed by atoms with van der Waals surface area (Å²) in [5.74, 6) is -0.814. The van der Waals surface area contributed by atoms with Crippen LogP contribution in [0, 0.1) is 0 Å². The summed E-state index contributed by atoms with van der Waals surface area (Å²) in [5.41, 5.74) is 3.20. The van der Waals surface area contributed by atoms with Gasteiger partial charge in [0.25, 0.3) is 6.43 Å². The van der Waals surface area contributed by atoms with Gasteiger partial charge in [0, 0.05) is 42.0 Å². The summed E-state index contributed by atoms with van der Waals surface area (Å²) in [6.07, 6.45) is 2.45. The molecule has 0 unspecified atom stereocenters. The molecule has 3 heterocycles. The SMILES string of the molecule is CN(CC(F)F)c1cc2c(cn1)-c1ccc3c(=O)c(C(=O)O)cn(C4CC4)c3c1COC2. The normalized spacial score (nSPS) is 15.4. The van der Waals surface area contributed by atoms with Crippen LogP contribution >= 0.6 is 0 Å². The third kappa shape index (κ3) is 3.42. The minimum atomic E-state index is -2.47. The molecule has 9 heteroatoms.